The summed E-state index contributed by atoms with van der Waals surface area (Å²) in [7, 11) is 0. The second-order valence-corrected chi connectivity index (χ2v) is 11.0. The van der Waals surface area contributed by atoms with E-state index in [1.54, 1.807) is 0 Å². The number of phenolic OH excluding ortho intramolecular Hbond substituents is 1. The van der Waals surface area contributed by atoms with Crippen molar-refractivity contribution in [1.29, 1.82) is 0 Å². The molecule has 0 saturated heterocycles. The normalized spacial score (nSPS) is 12.7. The van der Waals surface area contributed by atoms with Crippen LogP contribution in [0.5, 0.6) is 5.75 Å². The van der Waals surface area contributed by atoms with E-state index in [1.165, 1.54) is 22.4 Å². The quantitative estimate of drug-likeness (QED) is 0.381. The lowest BCUT2D eigenvalue weighted by Crippen LogP contribution is -2.33. The molecular weight excluding hydrogens is 402 g/mol. The first-order valence-electron chi connectivity index (χ1n) is 12.3. The third-order valence-electron chi connectivity index (χ3n) is 6.35. The smallest absolute Gasteiger partial charge is 0.124 e. The van der Waals surface area contributed by atoms with E-state index in [0.717, 1.165) is 24.0 Å². The number of anilines is 1. The summed E-state index contributed by atoms with van der Waals surface area (Å²) in [5.74, 6) is 1.05. The number of phenols is 1. The van der Waals surface area contributed by atoms with Gasteiger partial charge in [-0.1, -0.05) is 94.8 Å². The van der Waals surface area contributed by atoms with Crippen molar-refractivity contribution in [2.75, 3.05) is 4.90 Å². The Morgan fingerprint density at radius 3 is 2.03 bits per heavy atom. The van der Waals surface area contributed by atoms with Gasteiger partial charge in [-0.3, -0.25) is 0 Å². The second kappa shape index (κ2) is 10.5. The summed E-state index contributed by atoms with van der Waals surface area (Å²) in [6.07, 6.45) is 2.04. The number of nitrogens with zero attached hydrogens (tertiary/aromatic N) is 1. The Hall–Kier alpha value is -2.74. The van der Waals surface area contributed by atoms with E-state index in [-0.39, 0.29) is 5.41 Å². The first-order valence-corrected chi connectivity index (χ1v) is 12.3. The first kappa shape index (κ1) is 24.9. The molecule has 1 N–H and O–H groups in total. The lowest BCUT2D eigenvalue weighted by atomic mass is 9.84. The van der Waals surface area contributed by atoms with Gasteiger partial charge in [0, 0.05) is 23.8 Å². The van der Waals surface area contributed by atoms with E-state index in [4.69, 9.17) is 0 Å². The van der Waals surface area contributed by atoms with Gasteiger partial charge in [0.1, 0.15) is 5.75 Å². The third-order valence-corrected chi connectivity index (χ3v) is 6.35. The molecule has 0 aromatic heterocycles. The molecule has 0 bridgehead atoms. The van der Waals surface area contributed by atoms with Gasteiger partial charge in [0.25, 0.3) is 0 Å². The van der Waals surface area contributed by atoms with Crippen molar-refractivity contribution in [3.63, 3.8) is 0 Å². The summed E-state index contributed by atoms with van der Waals surface area (Å²) in [5.41, 5.74) is 6.97. The van der Waals surface area contributed by atoms with Crippen molar-refractivity contribution < 1.29 is 5.11 Å². The van der Waals surface area contributed by atoms with Crippen LogP contribution >= 0.6 is 0 Å². The molecule has 0 spiro atoms. The molecule has 2 nitrogen and oxygen atoms in total. The molecule has 1 atom stereocenters. The molecule has 0 heterocycles. The zero-order valence-electron chi connectivity index (χ0n) is 21.5. The molecule has 0 fully saturated rings. The topological polar surface area (TPSA) is 23.5 Å². The van der Waals surface area contributed by atoms with Gasteiger partial charge in [-0.05, 0) is 66.8 Å². The number of rotatable bonds is 8. The van der Waals surface area contributed by atoms with Crippen LogP contribution in [0.15, 0.2) is 66.7 Å². The van der Waals surface area contributed by atoms with Crippen molar-refractivity contribution in [1.82, 2.24) is 0 Å². The van der Waals surface area contributed by atoms with E-state index in [0.29, 0.717) is 24.3 Å². The summed E-state index contributed by atoms with van der Waals surface area (Å²) >= 11 is 0. The maximum Gasteiger partial charge on any atom is 0.124 e. The number of hydrogen-bond donors (Lipinski definition) is 1. The summed E-state index contributed by atoms with van der Waals surface area (Å²) in [6.45, 7) is 16.2. The first-order chi connectivity index (χ1) is 15.5. The Morgan fingerprint density at radius 2 is 1.45 bits per heavy atom. The fourth-order valence-corrected chi connectivity index (χ4v) is 4.68. The van der Waals surface area contributed by atoms with Crippen LogP contribution in [0, 0.1) is 12.8 Å². The minimum absolute atomic E-state index is 0.0989. The van der Waals surface area contributed by atoms with Gasteiger partial charge in [0.05, 0.1) is 0 Å². The molecule has 0 aliphatic rings. The highest BCUT2D eigenvalue weighted by Crippen LogP contribution is 2.36. The average Bonchev–Trinajstić information content (AvgIpc) is 2.74. The van der Waals surface area contributed by atoms with Crippen molar-refractivity contribution in [3.8, 4) is 5.75 Å². The van der Waals surface area contributed by atoms with Crippen molar-refractivity contribution in [3.05, 3.63) is 94.5 Å². The molecule has 0 amide bonds. The fourth-order valence-electron chi connectivity index (χ4n) is 4.68. The van der Waals surface area contributed by atoms with E-state index in [1.807, 2.05) is 0 Å². The van der Waals surface area contributed by atoms with Crippen LogP contribution < -0.4 is 4.90 Å². The van der Waals surface area contributed by atoms with Gasteiger partial charge >= 0.3 is 0 Å². The Balaban J connectivity index is 1.92. The summed E-state index contributed by atoms with van der Waals surface area (Å²) < 4.78 is 0. The van der Waals surface area contributed by atoms with Crippen LogP contribution in [0.25, 0.3) is 0 Å². The molecular formula is C31H41NO. The highest BCUT2D eigenvalue weighted by molar-refractivity contribution is 5.53. The van der Waals surface area contributed by atoms with Gasteiger partial charge < -0.3 is 10.0 Å². The standard InChI is InChI=1S/C31H41NO/c1-22(2)17-24(4)32(21-27-18-23(3)19-29(30(27)33)31(5,6)7)28-15-13-26(14-16-28)20-25-11-9-8-10-12-25/h8-16,18-19,22,24,33H,17,20-21H2,1-7H3. The molecule has 1 unspecified atom stereocenters. The van der Waals surface area contributed by atoms with Gasteiger partial charge in [0.2, 0.25) is 0 Å². The van der Waals surface area contributed by atoms with Crippen LogP contribution in [0.3, 0.4) is 0 Å². The molecule has 3 aromatic carbocycles. The zero-order valence-corrected chi connectivity index (χ0v) is 21.5. The maximum absolute atomic E-state index is 11.2. The van der Waals surface area contributed by atoms with Crippen molar-refractivity contribution in [2.24, 2.45) is 5.92 Å². The summed E-state index contributed by atoms with van der Waals surface area (Å²) in [4.78, 5) is 2.45. The minimum atomic E-state index is -0.0989. The van der Waals surface area contributed by atoms with Crippen LogP contribution in [0.2, 0.25) is 0 Å². The summed E-state index contributed by atoms with van der Waals surface area (Å²) in [6, 6.07) is 24.2. The van der Waals surface area contributed by atoms with Gasteiger partial charge in [-0.2, -0.15) is 0 Å². The Labute approximate surface area is 201 Å². The highest BCUT2D eigenvalue weighted by atomic mass is 16.3. The van der Waals surface area contributed by atoms with Gasteiger partial charge in [-0.25, -0.2) is 0 Å². The Bertz CT molecular complexity index is 1030. The fraction of sp³-hybridized carbons (Fsp3) is 0.419. The number of aromatic hydroxyl groups is 1. The number of aryl methyl sites for hydroxylation is 1. The van der Waals surface area contributed by atoms with Crippen LogP contribution in [-0.2, 0) is 18.4 Å². The van der Waals surface area contributed by atoms with E-state index >= 15 is 0 Å². The third kappa shape index (κ3) is 6.63. The van der Waals surface area contributed by atoms with Crippen molar-refractivity contribution >= 4 is 5.69 Å². The second-order valence-electron chi connectivity index (χ2n) is 11.0. The lowest BCUT2D eigenvalue weighted by molar-refractivity contribution is 0.434. The molecule has 2 heteroatoms. The van der Waals surface area contributed by atoms with E-state index in [9.17, 15) is 5.11 Å². The molecule has 0 radical (unpaired) electrons. The maximum atomic E-state index is 11.2. The largest absolute Gasteiger partial charge is 0.507 e. The minimum Gasteiger partial charge on any atom is -0.507 e. The lowest BCUT2D eigenvalue weighted by Gasteiger charge is -2.34. The predicted octanol–water partition coefficient (Wildman–Crippen LogP) is 8.03. The van der Waals surface area contributed by atoms with Crippen LogP contribution in [0.4, 0.5) is 5.69 Å². The molecule has 176 valence electrons. The van der Waals surface area contributed by atoms with Crippen LogP contribution in [-0.4, -0.2) is 11.1 Å². The molecule has 0 aliphatic carbocycles. The average molecular weight is 444 g/mol. The summed E-state index contributed by atoms with van der Waals surface area (Å²) in [5, 5.41) is 11.2. The monoisotopic (exact) mass is 443 g/mol. The Morgan fingerprint density at radius 1 is 0.848 bits per heavy atom. The number of hydrogen-bond acceptors (Lipinski definition) is 2. The van der Waals surface area contributed by atoms with Crippen molar-refractivity contribution in [2.45, 2.75) is 79.3 Å². The predicted molar refractivity (Wildman–Crippen MR) is 142 cm³/mol. The van der Waals surface area contributed by atoms with Gasteiger partial charge in [-0.15, -0.1) is 0 Å². The SMILES string of the molecule is Cc1cc(CN(c2ccc(Cc3ccccc3)cc2)C(C)CC(C)C)c(O)c(C(C)(C)C)c1. The Kier molecular flexibility index (Phi) is 7.89. The molecule has 3 aromatic rings. The molecule has 0 aliphatic heterocycles. The van der Waals surface area contributed by atoms with Gasteiger partial charge in [0.15, 0.2) is 0 Å². The molecule has 0 saturated carbocycles. The highest BCUT2D eigenvalue weighted by Gasteiger charge is 2.23. The van der Waals surface area contributed by atoms with E-state index < -0.39 is 0 Å². The zero-order chi connectivity index (χ0) is 24.2. The molecule has 33 heavy (non-hydrogen) atoms. The van der Waals surface area contributed by atoms with Crippen LogP contribution in [0.1, 0.15) is 75.8 Å². The van der Waals surface area contributed by atoms with E-state index in [2.05, 4.69) is 120 Å². The number of benzene rings is 3. The molecule has 3 rings (SSSR count).